The minimum atomic E-state index is -1.04. The Bertz CT molecular complexity index is 601. The van der Waals surface area contributed by atoms with Gasteiger partial charge in [0.2, 0.25) is 0 Å². The number of carboxylic acid groups (broad SMARTS) is 1. The fraction of sp³-hybridized carbons (Fsp3) is 0.0833. The lowest BCUT2D eigenvalue weighted by Crippen LogP contribution is -2.23. The van der Waals surface area contributed by atoms with Crippen LogP contribution in [0.4, 0.5) is 0 Å². The van der Waals surface area contributed by atoms with Crippen LogP contribution in [0, 0.1) is 0 Å². The molecule has 2 N–H and O–H groups in total. The first kappa shape index (κ1) is 12.6. The van der Waals surface area contributed by atoms with Gasteiger partial charge in [-0.05, 0) is 12.1 Å². The summed E-state index contributed by atoms with van der Waals surface area (Å²) in [6.45, 7) is 0.134. The molecule has 2 aromatic rings. The number of nitrogens with zero attached hydrogens (tertiary/aromatic N) is 3. The largest absolute Gasteiger partial charge is 0.478 e. The molecule has 2 aromatic heterocycles. The molecular weight excluding hydrogens is 248 g/mol. The fourth-order valence-corrected chi connectivity index (χ4v) is 1.40. The van der Waals surface area contributed by atoms with E-state index in [4.69, 9.17) is 5.11 Å². The molecule has 0 aliphatic rings. The van der Waals surface area contributed by atoms with Crippen molar-refractivity contribution in [1.82, 2.24) is 20.3 Å². The second-order valence-corrected chi connectivity index (χ2v) is 3.65. The lowest BCUT2D eigenvalue weighted by atomic mass is 10.2. The maximum Gasteiger partial charge on any atom is 0.335 e. The lowest BCUT2D eigenvalue weighted by molar-refractivity contribution is 0.0696. The molecule has 2 rings (SSSR count). The number of aromatic nitrogens is 3. The Kier molecular flexibility index (Phi) is 3.77. The number of pyridine rings is 1. The maximum atomic E-state index is 11.7. The molecule has 0 radical (unpaired) electrons. The third kappa shape index (κ3) is 3.32. The molecule has 2 heterocycles. The highest BCUT2D eigenvalue weighted by Crippen LogP contribution is 2.02. The first-order valence-electron chi connectivity index (χ1n) is 5.38. The Balaban J connectivity index is 2.01. The van der Waals surface area contributed by atoms with Gasteiger partial charge in [-0.15, -0.1) is 0 Å². The summed E-state index contributed by atoms with van der Waals surface area (Å²) in [6, 6.07) is 2.79. The van der Waals surface area contributed by atoms with Crippen molar-refractivity contribution < 1.29 is 14.7 Å². The van der Waals surface area contributed by atoms with Crippen LogP contribution in [0.5, 0.6) is 0 Å². The van der Waals surface area contributed by atoms with Crippen molar-refractivity contribution in [2.75, 3.05) is 0 Å². The summed E-state index contributed by atoms with van der Waals surface area (Å²) in [5.74, 6) is -1.38. The molecule has 0 bridgehead atoms. The molecule has 7 nitrogen and oxygen atoms in total. The van der Waals surface area contributed by atoms with Crippen LogP contribution in [-0.4, -0.2) is 31.9 Å². The summed E-state index contributed by atoms with van der Waals surface area (Å²) in [5.41, 5.74) is 0.921. The zero-order valence-corrected chi connectivity index (χ0v) is 9.78. The number of amides is 1. The third-order valence-electron chi connectivity index (χ3n) is 2.32. The van der Waals surface area contributed by atoms with Crippen LogP contribution < -0.4 is 5.32 Å². The van der Waals surface area contributed by atoms with E-state index in [1.54, 1.807) is 0 Å². The molecule has 0 saturated heterocycles. The van der Waals surface area contributed by atoms with Gasteiger partial charge in [0.05, 0.1) is 23.4 Å². The summed E-state index contributed by atoms with van der Waals surface area (Å²) < 4.78 is 0. The standard InChI is InChI=1S/C12H10N4O3/c17-11(9-4-13-7-14-5-9)16-6-10-3-8(12(18)19)1-2-15-10/h1-5,7H,6H2,(H,16,17)(H,18,19). The lowest BCUT2D eigenvalue weighted by Gasteiger charge is -2.04. The normalized spacial score (nSPS) is 9.89. The molecule has 0 aliphatic heterocycles. The minimum absolute atomic E-state index is 0.127. The van der Waals surface area contributed by atoms with Gasteiger partial charge in [-0.1, -0.05) is 0 Å². The fourth-order valence-electron chi connectivity index (χ4n) is 1.40. The van der Waals surface area contributed by atoms with Gasteiger partial charge >= 0.3 is 5.97 Å². The van der Waals surface area contributed by atoms with Gasteiger partial charge in [0.15, 0.2) is 0 Å². The first-order chi connectivity index (χ1) is 9.16. The molecule has 0 aliphatic carbocycles. The van der Waals surface area contributed by atoms with Crippen LogP contribution in [-0.2, 0) is 6.54 Å². The van der Waals surface area contributed by atoms with Gasteiger partial charge in [-0.25, -0.2) is 14.8 Å². The van der Waals surface area contributed by atoms with Gasteiger partial charge in [-0.3, -0.25) is 9.78 Å². The molecule has 0 saturated carbocycles. The van der Waals surface area contributed by atoms with Crippen molar-refractivity contribution in [3.05, 3.63) is 53.9 Å². The second kappa shape index (κ2) is 5.67. The number of hydrogen-bond donors (Lipinski definition) is 2. The predicted molar refractivity (Wildman–Crippen MR) is 64.4 cm³/mol. The summed E-state index contributed by atoms with van der Waals surface area (Å²) in [7, 11) is 0. The Morgan fingerprint density at radius 3 is 2.63 bits per heavy atom. The van der Waals surface area contributed by atoms with E-state index in [-0.39, 0.29) is 18.0 Å². The zero-order valence-electron chi connectivity index (χ0n) is 9.78. The van der Waals surface area contributed by atoms with Gasteiger partial charge in [-0.2, -0.15) is 0 Å². The van der Waals surface area contributed by atoms with Crippen LogP contribution in [0.1, 0.15) is 26.4 Å². The number of carboxylic acids is 1. The average molecular weight is 258 g/mol. The highest BCUT2D eigenvalue weighted by atomic mass is 16.4. The molecule has 0 spiro atoms. The van der Waals surface area contributed by atoms with E-state index in [0.29, 0.717) is 11.3 Å². The van der Waals surface area contributed by atoms with Crippen LogP contribution in [0.2, 0.25) is 0 Å². The SMILES string of the molecule is O=C(O)c1ccnc(CNC(=O)c2cncnc2)c1. The van der Waals surface area contributed by atoms with E-state index in [1.165, 1.54) is 37.1 Å². The zero-order chi connectivity index (χ0) is 13.7. The van der Waals surface area contributed by atoms with Gasteiger partial charge < -0.3 is 10.4 Å². The molecule has 96 valence electrons. The number of carbonyl (C=O) groups is 2. The maximum absolute atomic E-state index is 11.7. The molecule has 7 heteroatoms. The number of nitrogens with one attached hydrogen (secondary N) is 1. The number of carbonyl (C=O) groups excluding carboxylic acids is 1. The summed E-state index contributed by atoms with van der Waals surface area (Å²) in [4.78, 5) is 33.9. The van der Waals surface area contributed by atoms with Crippen LogP contribution in [0.3, 0.4) is 0 Å². The third-order valence-corrected chi connectivity index (χ3v) is 2.32. The highest BCUT2D eigenvalue weighted by Gasteiger charge is 2.07. The topological polar surface area (TPSA) is 105 Å². The quantitative estimate of drug-likeness (QED) is 0.827. The first-order valence-corrected chi connectivity index (χ1v) is 5.38. The second-order valence-electron chi connectivity index (χ2n) is 3.65. The van der Waals surface area contributed by atoms with Gasteiger partial charge in [0.1, 0.15) is 6.33 Å². The minimum Gasteiger partial charge on any atom is -0.478 e. The number of rotatable bonds is 4. The van der Waals surface area contributed by atoms with Crippen molar-refractivity contribution in [2.24, 2.45) is 0 Å². The molecule has 0 unspecified atom stereocenters. The van der Waals surface area contributed by atoms with Crippen LogP contribution in [0.15, 0.2) is 37.1 Å². The summed E-state index contributed by atoms with van der Waals surface area (Å²) >= 11 is 0. The molecule has 19 heavy (non-hydrogen) atoms. The van der Waals surface area contributed by atoms with Crippen LogP contribution in [0.25, 0.3) is 0 Å². The van der Waals surface area contributed by atoms with Crippen molar-refractivity contribution >= 4 is 11.9 Å². The Morgan fingerprint density at radius 1 is 1.21 bits per heavy atom. The molecule has 0 fully saturated rings. The van der Waals surface area contributed by atoms with Gasteiger partial charge in [0, 0.05) is 18.6 Å². The van der Waals surface area contributed by atoms with E-state index in [9.17, 15) is 9.59 Å². The highest BCUT2D eigenvalue weighted by molar-refractivity contribution is 5.93. The predicted octanol–water partition coefficient (Wildman–Crippen LogP) is 0.500. The van der Waals surface area contributed by atoms with E-state index in [1.807, 2.05) is 0 Å². The smallest absolute Gasteiger partial charge is 0.335 e. The Morgan fingerprint density at radius 2 is 1.95 bits per heavy atom. The number of aromatic carboxylic acids is 1. The molecule has 0 atom stereocenters. The monoisotopic (exact) mass is 258 g/mol. The van der Waals surface area contributed by atoms with Crippen molar-refractivity contribution in [1.29, 1.82) is 0 Å². The average Bonchev–Trinajstić information content (AvgIpc) is 2.46. The van der Waals surface area contributed by atoms with E-state index >= 15 is 0 Å². The van der Waals surface area contributed by atoms with E-state index in [0.717, 1.165) is 0 Å². The van der Waals surface area contributed by atoms with E-state index in [2.05, 4.69) is 20.3 Å². The number of hydrogen-bond acceptors (Lipinski definition) is 5. The molecule has 1 amide bonds. The van der Waals surface area contributed by atoms with Crippen molar-refractivity contribution in [3.63, 3.8) is 0 Å². The van der Waals surface area contributed by atoms with Crippen molar-refractivity contribution in [2.45, 2.75) is 6.54 Å². The Labute approximate surface area is 108 Å². The van der Waals surface area contributed by atoms with E-state index < -0.39 is 5.97 Å². The van der Waals surface area contributed by atoms with Crippen LogP contribution >= 0.6 is 0 Å². The molecule has 0 aromatic carbocycles. The van der Waals surface area contributed by atoms with Crippen molar-refractivity contribution in [3.8, 4) is 0 Å². The Hall–Kier alpha value is -2.83. The molecular formula is C12H10N4O3. The summed E-state index contributed by atoms with van der Waals surface area (Å²) in [5, 5.41) is 11.4. The van der Waals surface area contributed by atoms with Gasteiger partial charge in [0.25, 0.3) is 5.91 Å². The summed E-state index contributed by atoms with van der Waals surface area (Å²) in [6.07, 6.45) is 5.50.